The molecule has 6 heteroatoms. The van der Waals surface area contributed by atoms with Gasteiger partial charge in [-0.25, -0.2) is 0 Å². The van der Waals surface area contributed by atoms with Crippen molar-refractivity contribution in [1.82, 2.24) is 14.8 Å². The second-order valence-electron chi connectivity index (χ2n) is 6.01. The van der Waals surface area contributed by atoms with E-state index < -0.39 is 0 Å². The van der Waals surface area contributed by atoms with Gasteiger partial charge >= 0.3 is 0 Å². The lowest BCUT2D eigenvalue weighted by molar-refractivity contribution is -0.116. The van der Waals surface area contributed by atoms with Crippen LogP contribution < -0.4 is 10.2 Å². The van der Waals surface area contributed by atoms with Crippen LogP contribution in [0.25, 0.3) is 0 Å². The van der Waals surface area contributed by atoms with Crippen molar-refractivity contribution in [3.05, 3.63) is 35.8 Å². The van der Waals surface area contributed by atoms with Crippen LogP contribution in [0.3, 0.4) is 0 Å². The molecule has 122 valence electrons. The molecule has 0 aromatic carbocycles. The number of nitrogens with one attached hydrogen (secondary N) is 1. The summed E-state index contributed by atoms with van der Waals surface area (Å²) in [4.78, 5) is 18.7. The Morgan fingerprint density at radius 2 is 2.13 bits per heavy atom. The van der Waals surface area contributed by atoms with E-state index in [9.17, 15) is 4.79 Å². The molecule has 1 amide bonds. The molecule has 0 atom stereocenters. The van der Waals surface area contributed by atoms with Gasteiger partial charge in [-0.05, 0) is 37.8 Å². The Morgan fingerprint density at radius 1 is 1.35 bits per heavy atom. The van der Waals surface area contributed by atoms with E-state index in [0.29, 0.717) is 12.8 Å². The fourth-order valence-electron chi connectivity index (χ4n) is 2.89. The van der Waals surface area contributed by atoms with E-state index in [1.165, 1.54) is 12.8 Å². The number of aromatic nitrogens is 3. The summed E-state index contributed by atoms with van der Waals surface area (Å²) in [6.07, 6.45) is 7.05. The van der Waals surface area contributed by atoms with Gasteiger partial charge in [-0.2, -0.15) is 5.10 Å². The van der Waals surface area contributed by atoms with Crippen LogP contribution in [0, 0.1) is 6.92 Å². The number of hydrogen-bond donors (Lipinski definition) is 1. The average molecular weight is 313 g/mol. The zero-order chi connectivity index (χ0) is 16.2. The summed E-state index contributed by atoms with van der Waals surface area (Å²) in [5.74, 6) is 0.919. The molecular formula is C17H23N5O. The van der Waals surface area contributed by atoms with E-state index in [0.717, 1.165) is 35.9 Å². The van der Waals surface area contributed by atoms with Crippen LogP contribution in [0.2, 0.25) is 0 Å². The minimum atomic E-state index is 0.0189. The highest BCUT2D eigenvalue weighted by atomic mass is 16.1. The minimum absolute atomic E-state index is 0.0189. The molecule has 0 saturated carbocycles. The number of aryl methyl sites for hydroxylation is 2. The molecule has 1 aliphatic heterocycles. The molecular weight excluding hydrogens is 290 g/mol. The molecule has 1 saturated heterocycles. The van der Waals surface area contributed by atoms with Gasteiger partial charge < -0.3 is 10.2 Å². The van der Waals surface area contributed by atoms with Gasteiger partial charge in [0.2, 0.25) is 5.91 Å². The van der Waals surface area contributed by atoms with Crippen molar-refractivity contribution in [2.45, 2.75) is 32.6 Å². The molecule has 0 unspecified atom stereocenters. The molecule has 1 fully saturated rings. The summed E-state index contributed by atoms with van der Waals surface area (Å²) in [5.41, 5.74) is 2.91. The highest BCUT2D eigenvalue weighted by Gasteiger charge is 2.22. The van der Waals surface area contributed by atoms with Crippen molar-refractivity contribution in [2.75, 3.05) is 23.3 Å². The fraction of sp³-hybridized carbons (Fsp3) is 0.471. The van der Waals surface area contributed by atoms with Crippen molar-refractivity contribution in [2.24, 2.45) is 7.05 Å². The molecule has 23 heavy (non-hydrogen) atoms. The first-order valence-electron chi connectivity index (χ1n) is 8.12. The van der Waals surface area contributed by atoms with Gasteiger partial charge in [0.15, 0.2) is 5.82 Å². The Morgan fingerprint density at radius 3 is 2.83 bits per heavy atom. The van der Waals surface area contributed by atoms with Crippen LogP contribution in [0.5, 0.6) is 0 Å². The van der Waals surface area contributed by atoms with Gasteiger partial charge in [0.05, 0.1) is 5.69 Å². The molecule has 3 heterocycles. The maximum atomic E-state index is 12.3. The summed E-state index contributed by atoms with van der Waals surface area (Å²) < 4.78 is 1.84. The second kappa shape index (κ2) is 6.81. The van der Waals surface area contributed by atoms with Crippen LogP contribution in [0.15, 0.2) is 24.5 Å². The van der Waals surface area contributed by atoms with Gasteiger partial charge in [-0.15, -0.1) is 0 Å². The van der Waals surface area contributed by atoms with Crippen molar-refractivity contribution >= 4 is 17.4 Å². The Labute approximate surface area is 136 Å². The number of rotatable bonds is 5. The van der Waals surface area contributed by atoms with Gasteiger partial charge in [0, 0.05) is 39.0 Å². The van der Waals surface area contributed by atoms with E-state index in [2.05, 4.69) is 20.3 Å². The van der Waals surface area contributed by atoms with Crippen molar-refractivity contribution < 1.29 is 4.79 Å². The molecule has 2 aromatic rings. The van der Waals surface area contributed by atoms with E-state index >= 15 is 0 Å². The van der Waals surface area contributed by atoms with Crippen LogP contribution >= 0.6 is 0 Å². The molecule has 1 aliphatic rings. The van der Waals surface area contributed by atoms with Crippen LogP contribution in [-0.4, -0.2) is 33.8 Å². The van der Waals surface area contributed by atoms with E-state index in [1.54, 1.807) is 12.4 Å². The Balaban J connectivity index is 1.68. The molecule has 6 nitrogen and oxygen atoms in total. The number of pyridine rings is 1. The first-order valence-corrected chi connectivity index (χ1v) is 8.12. The number of nitrogens with zero attached hydrogens (tertiary/aromatic N) is 4. The molecule has 0 radical (unpaired) electrons. The number of hydrogen-bond acceptors (Lipinski definition) is 4. The second-order valence-corrected chi connectivity index (χ2v) is 6.01. The molecule has 0 spiro atoms. The summed E-state index contributed by atoms with van der Waals surface area (Å²) in [5, 5.41) is 7.64. The van der Waals surface area contributed by atoms with Crippen molar-refractivity contribution in [1.29, 1.82) is 0 Å². The topological polar surface area (TPSA) is 63.1 Å². The van der Waals surface area contributed by atoms with Gasteiger partial charge in [0.1, 0.15) is 5.69 Å². The Bertz CT molecular complexity index is 674. The predicted octanol–water partition coefficient (Wildman–Crippen LogP) is 2.30. The number of carbonyl (C=O) groups excluding carboxylic acids is 1. The molecule has 0 bridgehead atoms. The zero-order valence-corrected chi connectivity index (χ0v) is 13.7. The average Bonchev–Trinajstić information content (AvgIpc) is 3.18. The van der Waals surface area contributed by atoms with Crippen molar-refractivity contribution in [3.63, 3.8) is 0 Å². The summed E-state index contributed by atoms with van der Waals surface area (Å²) >= 11 is 0. The number of anilines is 2. The first kappa shape index (κ1) is 15.5. The maximum absolute atomic E-state index is 12.3. The van der Waals surface area contributed by atoms with Crippen LogP contribution in [0.4, 0.5) is 11.5 Å². The van der Waals surface area contributed by atoms with E-state index in [1.807, 2.05) is 30.8 Å². The summed E-state index contributed by atoms with van der Waals surface area (Å²) in [7, 11) is 1.92. The molecule has 2 aromatic heterocycles. The van der Waals surface area contributed by atoms with Gasteiger partial charge in [-0.3, -0.25) is 14.5 Å². The largest absolute Gasteiger partial charge is 0.353 e. The Kier molecular flexibility index (Phi) is 4.60. The fourth-order valence-corrected chi connectivity index (χ4v) is 2.89. The van der Waals surface area contributed by atoms with Crippen LogP contribution in [-0.2, 0) is 18.3 Å². The third-order valence-corrected chi connectivity index (χ3v) is 4.35. The smallest absolute Gasteiger partial charge is 0.224 e. The van der Waals surface area contributed by atoms with Crippen molar-refractivity contribution in [3.8, 4) is 0 Å². The molecule has 0 aliphatic carbocycles. The van der Waals surface area contributed by atoms with Crippen LogP contribution in [0.1, 0.15) is 30.5 Å². The molecule has 3 rings (SSSR count). The van der Waals surface area contributed by atoms with Gasteiger partial charge in [-0.1, -0.05) is 6.07 Å². The van der Waals surface area contributed by atoms with Gasteiger partial charge in [0.25, 0.3) is 0 Å². The predicted molar refractivity (Wildman–Crippen MR) is 90.6 cm³/mol. The Hall–Kier alpha value is -2.37. The minimum Gasteiger partial charge on any atom is -0.353 e. The maximum Gasteiger partial charge on any atom is 0.224 e. The standard InChI is InChI=1S/C17H23N5O/c1-13-16(17(20-21(13)2)22-10-3-4-11-22)19-15(23)8-7-14-6-5-9-18-12-14/h5-6,9,12H,3-4,7-8,10-11H2,1-2H3,(H,19,23). The van der Waals surface area contributed by atoms with E-state index in [-0.39, 0.29) is 5.91 Å². The summed E-state index contributed by atoms with van der Waals surface area (Å²) in [6.45, 7) is 4.01. The highest BCUT2D eigenvalue weighted by Crippen LogP contribution is 2.30. The normalized spacial score (nSPS) is 14.3. The van der Waals surface area contributed by atoms with E-state index in [4.69, 9.17) is 0 Å². The number of amides is 1. The first-order chi connectivity index (χ1) is 11.1. The molecule has 1 N–H and O–H groups in total. The SMILES string of the molecule is Cc1c(NC(=O)CCc2cccnc2)c(N2CCCC2)nn1C. The quantitative estimate of drug-likeness (QED) is 0.920. The monoisotopic (exact) mass is 313 g/mol. The lowest BCUT2D eigenvalue weighted by Gasteiger charge is -2.16. The lowest BCUT2D eigenvalue weighted by atomic mass is 10.1. The number of carbonyl (C=O) groups is 1. The lowest BCUT2D eigenvalue weighted by Crippen LogP contribution is -2.21. The third kappa shape index (κ3) is 3.52. The highest BCUT2D eigenvalue weighted by molar-refractivity contribution is 5.94. The third-order valence-electron chi connectivity index (χ3n) is 4.35. The summed E-state index contributed by atoms with van der Waals surface area (Å²) in [6, 6.07) is 3.88. The zero-order valence-electron chi connectivity index (χ0n) is 13.7.